The fraction of sp³-hybridized carbons (Fsp3) is 0.364. The highest BCUT2D eigenvalue weighted by Crippen LogP contribution is 2.31. The van der Waals surface area contributed by atoms with Crippen molar-refractivity contribution in [3.63, 3.8) is 0 Å². The molecule has 0 spiro atoms. The van der Waals surface area contributed by atoms with Crippen LogP contribution in [0, 0.1) is 17.0 Å². The lowest BCUT2D eigenvalue weighted by Crippen LogP contribution is -2.13. The van der Waals surface area contributed by atoms with E-state index >= 15 is 0 Å². The van der Waals surface area contributed by atoms with Crippen LogP contribution in [0.5, 0.6) is 0 Å². The topological polar surface area (TPSA) is 100 Å². The van der Waals surface area contributed by atoms with Crippen LogP contribution in [0.4, 0.5) is 11.5 Å². The summed E-state index contributed by atoms with van der Waals surface area (Å²) in [6, 6.07) is 3.34. The Morgan fingerprint density at radius 1 is 1.67 bits per heavy atom. The molecule has 0 amide bonds. The number of aryl methyl sites for hydroxylation is 1. The SMILES string of the molecule is CCC(c1ccco1)n1nc(C)c([N+](=O)[O-])c1N. The van der Waals surface area contributed by atoms with Crippen LogP contribution in [0.15, 0.2) is 22.8 Å². The second-order valence-electron chi connectivity index (χ2n) is 3.96. The number of hydrogen-bond donors (Lipinski definition) is 1. The lowest BCUT2D eigenvalue weighted by Gasteiger charge is -2.13. The zero-order valence-electron chi connectivity index (χ0n) is 10.2. The Bertz CT molecular complexity index is 559. The number of nitrogen functional groups attached to an aromatic ring is 1. The smallest absolute Gasteiger partial charge is 0.333 e. The van der Waals surface area contributed by atoms with Gasteiger partial charge in [0.05, 0.1) is 11.2 Å². The van der Waals surface area contributed by atoms with Gasteiger partial charge in [-0.05, 0) is 25.5 Å². The highest BCUT2D eigenvalue weighted by atomic mass is 16.6. The van der Waals surface area contributed by atoms with Gasteiger partial charge in [0.25, 0.3) is 0 Å². The Labute approximate surface area is 103 Å². The lowest BCUT2D eigenvalue weighted by atomic mass is 10.2. The average molecular weight is 250 g/mol. The molecular formula is C11H14N4O3. The van der Waals surface area contributed by atoms with Crippen molar-refractivity contribution in [1.29, 1.82) is 0 Å². The molecule has 7 heteroatoms. The zero-order valence-corrected chi connectivity index (χ0v) is 10.2. The first-order chi connectivity index (χ1) is 8.56. The molecule has 18 heavy (non-hydrogen) atoms. The first kappa shape index (κ1) is 12.2. The number of furan rings is 1. The molecule has 1 atom stereocenters. The minimum Gasteiger partial charge on any atom is -0.467 e. The molecule has 0 aliphatic heterocycles. The van der Waals surface area contributed by atoms with Crippen molar-refractivity contribution in [2.75, 3.05) is 5.73 Å². The van der Waals surface area contributed by atoms with Gasteiger partial charge in [0.15, 0.2) is 0 Å². The molecule has 2 rings (SSSR count). The minimum atomic E-state index is -0.511. The number of hydrogen-bond acceptors (Lipinski definition) is 5. The summed E-state index contributed by atoms with van der Waals surface area (Å²) in [5, 5.41) is 15.1. The number of nitrogens with two attached hydrogens (primary N) is 1. The second-order valence-corrected chi connectivity index (χ2v) is 3.96. The molecule has 0 aromatic carbocycles. The predicted molar refractivity (Wildman–Crippen MR) is 65.2 cm³/mol. The second kappa shape index (κ2) is 4.52. The van der Waals surface area contributed by atoms with Gasteiger partial charge in [-0.15, -0.1) is 0 Å². The van der Waals surface area contributed by atoms with Crippen molar-refractivity contribution in [2.24, 2.45) is 0 Å². The summed E-state index contributed by atoms with van der Waals surface area (Å²) in [6.07, 6.45) is 2.23. The number of aromatic nitrogens is 2. The Kier molecular flexibility index (Phi) is 3.05. The summed E-state index contributed by atoms with van der Waals surface area (Å²) in [6.45, 7) is 3.51. The van der Waals surface area contributed by atoms with Crippen LogP contribution in [0.2, 0.25) is 0 Å². The largest absolute Gasteiger partial charge is 0.467 e. The van der Waals surface area contributed by atoms with Crippen molar-refractivity contribution in [3.8, 4) is 0 Å². The van der Waals surface area contributed by atoms with Gasteiger partial charge in [-0.3, -0.25) is 10.1 Å². The average Bonchev–Trinajstić information content (AvgIpc) is 2.90. The van der Waals surface area contributed by atoms with E-state index in [4.69, 9.17) is 10.2 Å². The third kappa shape index (κ3) is 1.83. The first-order valence-electron chi connectivity index (χ1n) is 5.58. The van der Waals surface area contributed by atoms with Gasteiger partial charge in [0, 0.05) is 0 Å². The van der Waals surface area contributed by atoms with E-state index in [1.165, 1.54) is 4.68 Å². The van der Waals surface area contributed by atoms with Crippen molar-refractivity contribution in [2.45, 2.75) is 26.3 Å². The summed E-state index contributed by atoms with van der Waals surface area (Å²) >= 11 is 0. The maximum absolute atomic E-state index is 10.9. The molecule has 1 unspecified atom stereocenters. The third-order valence-corrected chi connectivity index (χ3v) is 2.83. The summed E-state index contributed by atoms with van der Waals surface area (Å²) in [5.74, 6) is 0.738. The van der Waals surface area contributed by atoms with Crippen LogP contribution in [0.3, 0.4) is 0 Å². The number of rotatable bonds is 4. The van der Waals surface area contributed by atoms with E-state index in [0.717, 1.165) is 0 Å². The van der Waals surface area contributed by atoms with Crippen LogP contribution in [-0.4, -0.2) is 14.7 Å². The Balaban J connectivity index is 2.51. The fourth-order valence-corrected chi connectivity index (χ4v) is 2.00. The van der Waals surface area contributed by atoms with E-state index in [2.05, 4.69) is 5.10 Å². The molecule has 0 radical (unpaired) electrons. The van der Waals surface area contributed by atoms with Gasteiger partial charge in [0.1, 0.15) is 17.5 Å². The van der Waals surface area contributed by atoms with Crippen LogP contribution in [-0.2, 0) is 0 Å². The van der Waals surface area contributed by atoms with Gasteiger partial charge in [-0.2, -0.15) is 5.10 Å². The maximum Gasteiger partial charge on any atom is 0.333 e. The molecule has 0 aliphatic rings. The van der Waals surface area contributed by atoms with E-state index in [9.17, 15) is 10.1 Å². The highest BCUT2D eigenvalue weighted by molar-refractivity contribution is 5.56. The Hall–Kier alpha value is -2.31. The standard InChI is InChI=1S/C11H14N4O3/c1-3-8(9-5-4-6-18-9)14-11(12)10(15(16)17)7(2)13-14/h4-6,8H,3,12H2,1-2H3. The van der Waals surface area contributed by atoms with Gasteiger partial charge in [-0.25, -0.2) is 4.68 Å². The predicted octanol–water partition coefficient (Wildman–Crippen LogP) is 2.27. The van der Waals surface area contributed by atoms with Crippen molar-refractivity contribution in [3.05, 3.63) is 40.0 Å². The van der Waals surface area contributed by atoms with E-state index in [1.807, 2.05) is 6.92 Å². The highest BCUT2D eigenvalue weighted by Gasteiger charge is 2.27. The normalized spacial score (nSPS) is 12.6. The van der Waals surface area contributed by atoms with Crippen LogP contribution in [0.25, 0.3) is 0 Å². The minimum absolute atomic E-state index is 0.0563. The molecule has 0 saturated carbocycles. The molecule has 2 heterocycles. The number of nitrogens with zero attached hydrogens (tertiary/aromatic N) is 3. The van der Waals surface area contributed by atoms with E-state index in [0.29, 0.717) is 17.9 Å². The molecule has 2 aromatic heterocycles. The summed E-state index contributed by atoms with van der Waals surface area (Å²) in [5.41, 5.74) is 5.97. The molecule has 0 aliphatic carbocycles. The summed E-state index contributed by atoms with van der Waals surface area (Å²) < 4.78 is 6.77. The molecule has 2 N–H and O–H groups in total. The third-order valence-electron chi connectivity index (χ3n) is 2.83. The Morgan fingerprint density at radius 2 is 2.39 bits per heavy atom. The van der Waals surface area contributed by atoms with Crippen LogP contribution >= 0.6 is 0 Å². The first-order valence-corrected chi connectivity index (χ1v) is 5.58. The Morgan fingerprint density at radius 3 is 2.83 bits per heavy atom. The van der Waals surface area contributed by atoms with Crippen molar-refractivity contribution in [1.82, 2.24) is 9.78 Å². The van der Waals surface area contributed by atoms with Gasteiger partial charge in [0.2, 0.25) is 5.82 Å². The number of nitro groups is 1. The molecule has 0 fully saturated rings. The van der Waals surface area contributed by atoms with Crippen molar-refractivity contribution >= 4 is 11.5 Å². The quantitative estimate of drug-likeness (QED) is 0.662. The zero-order chi connectivity index (χ0) is 13.3. The summed E-state index contributed by atoms with van der Waals surface area (Å²) in [7, 11) is 0. The lowest BCUT2D eigenvalue weighted by molar-refractivity contribution is -0.384. The monoisotopic (exact) mass is 250 g/mol. The van der Waals surface area contributed by atoms with E-state index in [-0.39, 0.29) is 17.5 Å². The van der Waals surface area contributed by atoms with E-state index in [1.54, 1.807) is 25.3 Å². The molecule has 96 valence electrons. The maximum atomic E-state index is 10.9. The van der Waals surface area contributed by atoms with E-state index < -0.39 is 4.92 Å². The fourth-order valence-electron chi connectivity index (χ4n) is 2.00. The molecular weight excluding hydrogens is 236 g/mol. The molecule has 0 bridgehead atoms. The molecule has 0 saturated heterocycles. The van der Waals surface area contributed by atoms with Gasteiger partial charge >= 0.3 is 5.69 Å². The van der Waals surface area contributed by atoms with Gasteiger partial charge in [-0.1, -0.05) is 6.92 Å². The summed E-state index contributed by atoms with van der Waals surface area (Å²) in [4.78, 5) is 10.4. The van der Waals surface area contributed by atoms with Crippen LogP contribution in [0.1, 0.15) is 30.8 Å². The van der Waals surface area contributed by atoms with Gasteiger partial charge < -0.3 is 10.2 Å². The number of anilines is 1. The van der Waals surface area contributed by atoms with Crippen molar-refractivity contribution < 1.29 is 9.34 Å². The molecule has 2 aromatic rings. The van der Waals surface area contributed by atoms with Crippen LogP contribution < -0.4 is 5.73 Å². The molecule has 7 nitrogen and oxygen atoms in total.